The van der Waals surface area contributed by atoms with Gasteiger partial charge in [-0.25, -0.2) is 0 Å². The fraction of sp³-hybridized carbons (Fsp3) is 1.00. The molecule has 0 heterocycles. The van der Waals surface area contributed by atoms with Crippen LogP contribution in [-0.4, -0.2) is 25.8 Å². The van der Waals surface area contributed by atoms with E-state index >= 15 is 0 Å². The zero-order chi connectivity index (χ0) is 5.15. The van der Waals surface area contributed by atoms with Crippen molar-refractivity contribution in [2.75, 3.05) is 0 Å². The van der Waals surface area contributed by atoms with Crippen molar-refractivity contribution in [2.24, 2.45) is 0 Å². The fourth-order valence-electron chi connectivity index (χ4n) is 0. The standard InChI is InChI=1S/C2H7B2FO/c1-4(5)2(3)6/h2,6H,3H2,1H3/t2-/m1/s1. The highest BCUT2D eigenvalue weighted by Crippen LogP contribution is 1.84. The minimum Gasteiger partial charge on any atom is -0.407 e. The Kier molecular flexibility index (Phi) is 2.25. The molecule has 0 aliphatic heterocycles. The molecule has 0 aromatic heterocycles. The van der Waals surface area contributed by atoms with E-state index in [4.69, 9.17) is 5.11 Å². The molecule has 1 N–H and O–H groups in total. The number of rotatable bonds is 1. The summed E-state index contributed by atoms with van der Waals surface area (Å²) in [5.74, 6) is -0.815. The maximum absolute atomic E-state index is 11.6. The molecule has 0 amide bonds. The molecular weight excluding hydrogens is 80.6 g/mol. The first kappa shape index (κ1) is 6.02. The minimum atomic E-state index is -1.09. The van der Waals surface area contributed by atoms with Gasteiger partial charge in [-0.15, -0.1) is 0 Å². The van der Waals surface area contributed by atoms with Crippen LogP contribution in [0.1, 0.15) is 0 Å². The average molecular weight is 87.7 g/mol. The second kappa shape index (κ2) is 2.24. The molecule has 0 aliphatic carbocycles. The van der Waals surface area contributed by atoms with E-state index in [0.29, 0.717) is 0 Å². The Morgan fingerprint density at radius 1 is 2.00 bits per heavy atom. The van der Waals surface area contributed by atoms with E-state index < -0.39 is 12.9 Å². The van der Waals surface area contributed by atoms with Crippen LogP contribution < -0.4 is 0 Å². The molecular formula is C2H7B2FO. The van der Waals surface area contributed by atoms with Gasteiger partial charge in [0.05, 0.1) is 0 Å². The summed E-state index contributed by atoms with van der Waals surface area (Å²) in [6.45, 7) is 0.231. The summed E-state index contributed by atoms with van der Waals surface area (Å²) in [7, 11) is 1.42. The molecule has 0 aliphatic rings. The van der Waals surface area contributed by atoms with E-state index in [0.717, 1.165) is 0 Å². The lowest BCUT2D eigenvalue weighted by Gasteiger charge is -1.95. The van der Waals surface area contributed by atoms with Crippen LogP contribution in [0.25, 0.3) is 0 Å². The van der Waals surface area contributed by atoms with Gasteiger partial charge in [0.1, 0.15) is 7.85 Å². The van der Waals surface area contributed by atoms with Gasteiger partial charge in [0.2, 0.25) is 0 Å². The lowest BCUT2D eigenvalue weighted by atomic mass is 9.60. The third-order valence-electron chi connectivity index (χ3n) is 0.665. The molecule has 0 fully saturated rings. The molecule has 0 rings (SSSR count). The smallest absolute Gasteiger partial charge is 0.365 e. The van der Waals surface area contributed by atoms with Gasteiger partial charge in [-0.1, -0.05) is 6.82 Å². The Morgan fingerprint density at radius 3 is 2.17 bits per heavy atom. The summed E-state index contributed by atoms with van der Waals surface area (Å²) >= 11 is 0. The number of halogens is 1. The van der Waals surface area contributed by atoms with Crippen molar-refractivity contribution < 1.29 is 9.42 Å². The van der Waals surface area contributed by atoms with E-state index in [1.807, 2.05) is 0 Å². The first-order valence-electron chi connectivity index (χ1n) is 1.96. The maximum atomic E-state index is 11.6. The highest BCUT2D eigenvalue weighted by molar-refractivity contribution is 6.59. The van der Waals surface area contributed by atoms with Crippen molar-refractivity contribution in [3.05, 3.63) is 0 Å². The van der Waals surface area contributed by atoms with Gasteiger partial charge < -0.3 is 9.42 Å². The van der Waals surface area contributed by atoms with Crippen molar-refractivity contribution in [2.45, 2.75) is 12.7 Å². The van der Waals surface area contributed by atoms with E-state index in [1.165, 1.54) is 14.7 Å². The summed E-state index contributed by atoms with van der Waals surface area (Å²) in [6.07, 6.45) is 0. The SMILES string of the molecule is B[C@@H](O)B(C)F. The van der Waals surface area contributed by atoms with Crippen LogP contribution in [-0.2, 0) is 0 Å². The van der Waals surface area contributed by atoms with Crippen LogP contribution in [0.3, 0.4) is 0 Å². The summed E-state index contributed by atoms with van der Waals surface area (Å²) < 4.78 is 11.6. The highest BCUT2D eigenvalue weighted by Gasteiger charge is 2.10. The Labute approximate surface area is 38.1 Å². The van der Waals surface area contributed by atoms with Crippen molar-refractivity contribution in [1.29, 1.82) is 0 Å². The summed E-state index contributed by atoms with van der Waals surface area (Å²) in [4.78, 5) is 0. The second-order valence-electron chi connectivity index (χ2n) is 1.42. The lowest BCUT2D eigenvalue weighted by molar-refractivity contribution is 0.315. The van der Waals surface area contributed by atoms with Crippen molar-refractivity contribution >= 4 is 14.8 Å². The van der Waals surface area contributed by atoms with Gasteiger partial charge in [-0.3, -0.25) is 0 Å². The van der Waals surface area contributed by atoms with E-state index in [1.54, 1.807) is 0 Å². The van der Waals surface area contributed by atoms with Crippen LogP contribution in [0.15, 0.2) is 0 Å². The van der Waals surface area contributed by atoms with Crippen LogP contribution in [0.2, 0.25) is 6.82 Å². The van der Waals surface area contributed by atoms with Gasteiger partial charge in [0.25, 0.3) is 0 Å². The van der Waals surface area contributed by atoms with Crippen LogP contribution in [0.5, 0.6) is 0 Å². The molecule has 0 saturated carbocycles. The second-order valence-corrected chi connectivity index (χ2v) is 1.42. The van der Waals surface area contributed by atoms with Crippen molar-refractivity contribution in [3.8, 4) is 0 Å². The van der Waals surface area contributed by atoms with E-state index in [2.05, 4.69) is 0 Å². The van der Waals surface area contributed by atoms with Crippen molar-refractivity contribution in [1.82, 2.24) is 0 Å². The predicted molar refractivity (Wildman–Crippen MR) is 27.3 cm³/mol. The number of hydrogen-bond donors (Lipinski definition) is 1. The van der Waals surface area contributed by atoms with Gasteiger partial charge in [0, 0.05) is 5.90 Å². The third-order valence-corrected chi connectivity index (χ3v) is 0.665. The molecule has 0 radical (unpaired) electrons. The first-order chi connectivity index (χ1) is 2.64. The van der Waals surface area contributed by atoms with Crippen LogP contribution in [0, 0.1) is 0 Å². The largest absolute Gasteiger partial charge is 0.407 e. The lowest BCUT2D eigenvalue weighted by Crippen LogP contribution is -2.22. The quantitative estimate of drug-likeness (QED) is 0.410. The molecule has 6 heavy (non-hydrogen) atoms. The monoisotopic (exact) mass is 88.1 g/mol. The minimum absolute atomic E-state index is 0.815. The number of aliphatic hydroxyl groups is 1. The molecule has 0 spiro atoms. The average Bonchev–Trinajstić information content (AvgIpc) is 1.36. The van der Waals surface area contributed by atoms with Crippen LogP contribution >= 0.6 is 0 Å². The number of hydrogen-bond acceptors (Lipinski definition) is 1. The third kappa shape index (κ3) is 2.27. The molecule has 0 aromatic rings. The maximum Gasteiger partial charge on any atom is 0.365 e. The Balaban J connectivity index is 2.99. The molecule has 34 valence electrons. The van der Waals surface area contributed by atoms with Crippen molar-refractivity contribution in [3.63, 3.8) is 0 Å². The zero-order valence-corrected chi connectivity index (χ0v) is 3.98. The van der Waals surface area contributed by atoms with E-state index in [-0.39, 0.29) is 0 Å². The predicted octanol–water partition coefficient (Wildman–Crippen LogP) is -0.932. The first-order valence-corrected chi connectivity index (χ1v) is 1.96. The summed E-state index contributed by atoms with van der Waals surface area (Å²) in [5.41, 5.74) is 0. The summed E-state index contributed by atoms with van der Waals surface area (Å²) in [5, 5.41) is 8.25. The fourth-order valence-corrected chi connectivity index (χ4v) is 0. The Bertz CT molecular complexity index is 32.5. The molecule has 0 bridgehead atoms. The molecule has 4 heteroatoms. The van der Waals surface area contributed by atoms with Gasteiger partial charge >= 0.3 is 6.99 Å². The molecule has 0 saturated heterocycles. The Hall–Kier alpha value is 0.0199. The topological polar surface area (TPSA) is 20.2 Å². The van der Waals surface area contributed by atoms with Gasteiger partial charge in [-0.05, 0) is 0 Å². The number of aliphatic hydroxyl groups excluding tert-OH is 1. The van der Waals surface area contributed by atoms with E-state index in [9.17, 15) is 4.32 Å². The van der Waals surface area contributed by atoms with Gasteiger partial charge in [0.15, 0.2) is 0 Å². The Morgan fingerprint density at radius 2 is 2.17 bits per heavy atom. The summed E-state index contributed by atoms with van der Waals surface area (Å²) in [6, 6.07) is 0. The van der Waals surface area contributed by atoms with Gasteiger partial charge in [-0.2, -0.15) is 0 Å². The zero-order valence-electron chi connectivity index (χ0n) is 3.98. The molecule has 0 unspecified atom stereocenters. The molecule has 1 nitrogen and oxygen atoms in total. The van der Waals surface area contributed by atoms with Crippen LogP contribution in [0.4, 0.5) is 4.32 Å². The normalized spacial score (nSPS) is 13.8. The molecule has 0 aromatic carbocycles. The molecule has 1 atom stereocenters. The highest BCUT2D eigenvalue weighted by atomic mass is 19.1.